The summed E-state index contributed by atoms with van der Waals surface area (Å²) in [5.41, 5.74) is 0.869. The van der Waals surface area contributed by atoms with E-state index in [0.29, 0.717) is 6.54 Å². The Morgan fingerprint density at radius 2 is 2.11 bits per heavy atom. The van der Waals surface area contributed by atoms with E-state index < -0.39 is 0 Å². The van der Waals surface area contributed by atoms with Gasteiger partial charge in [0.1, 0.15) is 5.82 Å². The van der Waals surface area contributed by atoms with E-state index in [9.17, 15) is 4.39 Å². The third-order valence-electron chi connectivity index (χ3n) is 3.50. The fourth-order valence-electron chi connectivity index (χ4n) is 2.53. The van der Waals surface area contributed by atoms with E-state index in [4.69, 9.17) is 11.6 Å². The van der Waals surface area contributed by atoms with Gasteiger partial charge in [-0.05, 0) is 50.5 Å². The molecule has 1 aliphatic rings. The van der Waals surface area contributed by atoms with Crippen LogP contribution in [0.3, 0.4) is 0 Å². The Labute approximate surface area is 113 Å². The second-order valence-electron chi connectivity index (χ2n) is 5.10. The summed E-state index contributed by atoms with van der Waals surface area (Å²) in [5, 5.41) is 3.62. The minimum atomic E-state index is -0.329. The van der Waals surface area contributed by atoms with E-state index in [2.05, 4.69) is 17.3 Å². The molecule has 0 aliphatic carbocycles. The number of nitrogens with one attached hydrogen (secondary N) is 1. The average Bonchev–Trinajstić information content (AvgIpc) is 2.36. The summed E-state index contributed by atoms with van der Waals surface area (Å²) >= 11 is 5.97. The fourth-order valence-corrected chi connectivity index (χ4v) is 2.72. The molecule has 1 fully saturated rings. The van der Waals surface area contributed by atoms with Crippen molar-refractivity contribution < 1.29 is 4.39 Å². The van der Waals surface area contributed by atoms with Crippen LogP contribution in [0.15, 0.2) is 18.2 Å². The van der Waals surface area contributed by atoms with Crippen molar-refractivity contribution in [3.63, 3.8) is 0 Å². The lowest BCUT2D eigenvalue weighted by Gasteiger charge is -2.27. The average molecular weight is 271 g/mol. The molecule has 1 aliphatic heterocycles. The van der Waals surface area contributed by atoms with Crippen LogP contribution in [-0.2, 0) is 6.54 Å². The highest BCUT2D eigenvalue weighted by atomic mass is 35.5. The Balaban J connectivity index is 1.90. The highest BCUT2D eigenvalue weighted by Crippen LogP contribution is 2.21. The summed E-state index contributed by atoms with van der Waals surface area (Å²) in [6, 6.07) is 5.01. The van der Waals surface area contributed by atoms with E-state index in [1.54, 1.807) is 6.07 Å². The molecular formula is C14H20ClFN2. The molecule has 1 aromatic carbocycles. The predicted octanol–water partition coefficient (Wildman–Crippen LogP) is 2.91. The first kappa shape index (κ1) is 13.8. The third kappa shape index (κ3) is 3.67. The van der Waals surface area contributed by atoms with E-state index in [1.165, 1.54) is 18.9 Å². The van der Waals surface area contributed by atoms with E-state index >= 15 is 0 Å². The first-order valence-electron chi connectivity index (χ1n) is 6.49. The van der Waals surface area contributed by atoms with Gasteiger partial charge in [0.15, 0.2) is 0 Å². The monoisotopic (exact) mass is 270 g/mol. The molecular weight excluding hydrogens is 251 g/mol. The van der Waals surface area contributed by atoms with Crippen LogP contribution in [0.5, 0.6) is 0 Å². The Kier molecular flexibility index (Phi) is 4.98. The van der Waals surface area contributed by atoms with Crippen LogP contribution in [0.1, 0.15) is 18.4 Å². The maximum Gasteiger partial charge on any atom is 0.142 e. The maximum absolute atomic E-state index is 13.3. The van der Waals surface area contributed by atoms with Crippen molar-refractivity contribution in [1.82, 2.24) is 10.2 Å². The summed E-state index contributed by atoms with van der Waals surface area (Å²) in [6.45, 7) is 3.98. The molecule has 0 saturated carbocycles. The molecule has 100 valence electrons. The minimum absolute atomic E-state index is 0.259. The molecule has 1 heterocycles. The summed E-state index contributed by atoms with van der Waals surface area (Å²) in [6.07, 6.45) is 2.45. The number of rotatable bonds is 4. The van der Waals surface area contributed by atoms with Crippen molar-refractivity contribution in [1.29, 1.82) is 0 Å². The van der Waals surface area contributed by atoms with Crippen LogP contribution >= 0.6 is 11.6 Å². The van der Waals surface area contributed by atoms with Gasteiger partial charge >= 0.3 is 0 Å². The van der Waals surface area contributed by atoms with Gasteiger partial charge in [0.2, 0.25) is 0 Å². The Hall–Kier alpha value is -0.640. The Morgan fingerprint density at radius 3 is 2.83 bits per heavy atom. The maximum atomic E-state index is 13.3. The highest BCUT2D eigenvalue weighted by Gasteiger charge is 2.16. The van der Waals surface area contributed by atoms with Crippen molar-refractivity contribution in [3.8, 4) is 0 Å². The molecule has 4 heteroatoms. The molecule has 2 rings (SSSR count). The zero-order chi connectivity index (χ0) is 13.0. The van der Waals surface area contributed by atoms with E-state index in [1.807, 2.05) is 6.07 Å². The van der Waals surface area contributed by atoms with E-state index in [0.717, 1.165) is 31.1 Å². The van der Waals surface area contributed by atoms with Crippen molar-refractivity contribution >= 4 is 11.6 Å². The first-order valence-corrected chi connectivity index (χ1v) is 6.87. The van der Waals surface area contributed by atoms with Gasteiger partial charge in [0, 0.05) is 13.1 Å². The fraction of sp³-hybridized carbons (Fsp3) is 0.571. The van der Waals surface area contributed by atoms with Gasteiger partial charge in [-0.25, -0.2) is 4.39 Å². The van der Waals surface area contributed by atoms with Gasteiger partial charge in [-0.1, -0.05) is 23.7 Å². The minimum Gasteiger partial charge on any atom is -0.317 e. The Morgan fingerprint density at radius 1 is 1.39 bits per heavy atom. The lowest BCUT2D eigenvalue weighted by molar-refractivity contribution is 0.234. The normalized spacial score (nSPS) is 17.3. The molecule has 0 aromatic heterocycles. The van der Waals surface area contributed by atoms with Crippen LogP contribution in [0.25, 0.3) is 0 Å². The topological polar surface area (TPSA) is 15.3 Å². The molecule has 0 radical (unpaired) electrons. The molecule has 2 nitrogen and oxygen atoms in total. The smallest absolute Gasteiger partial charge is 0.142 e. The summed E-state index contributed by atoms with van der Waals surface area (Å²) in [4.78, 5) is 2.23. The van der Waals surface area contributed by atoms with Crippen molar-refractivity contribution in [2.75, 3.05) is 26.7 Å². The van der Waals surface area contributed by atoms with Gasteiger partial charge in [0.05, 0.1) is 5.02 Å². The van der Waals surface area contributed by atoms with Crippen LogP contribution in [-0.4, -0.2) is 31.6 Å². The third-order valence-corrected chi connectivity index (χ3v) is 3.92. The Bertz CT molecular complexity index is 391. The molecule has 0 atom stereocenters. The second-order valence-corrected chi connectivity index (χ2v) is 5.48. The zero-order valence-electron chi connectivity index (χ0n) is 10.8. The summed E-state index contributed by atoms with van der Waals surface area (Å²) in [7, 11) is 2.07. The van der Waals surface area contributed by atoms with Crippen LogP contribution < -0.4 is 5.32 Å². The number of hydrogen-bond acceptors (Lipinski definition) is 2. The second kappa shape index (κ2) is 6.50. The van der Waals surface area contributed by atoms with Gasteiger partial charge in [0.25, 0.3) is 0 Å². The van der Waals surface area contributed by atoms with Crippen LogP contribution in [0, 0.1) is 11.7 Å². The predicted molar refractivity (Wildman–Crippen MR) is 73.3 cm³/mol. The van der Waals surface area contributed by atoms with Crippen molar-refractivity contribution in [2.45, 2.75) is 19.4 Å². The van der Waals surface area contributed by atoms with Gasteiger partial charge in [-0.2, -0.15) is 0 Å². The largest absolute Gasteiger partial charge is 0.317 e. The standard InChI is InChI=1S/C14H20ClFN2/c1-18(9-11-5-7-17-8-6-11)10-12-3-2-4-13(16)14(12)15/h2-4,11,17H,5-10H2,1H3. The molecule has 1 N–H and O–H groups in total. The van der Waals surface area contributed by atoms with Crippen molar-refractivity contribution in [2.24, 2.45) is 5.92 Å². The lowest BCUT2D eigenvalue weighted by Crippen LogP contribution is -2.34. The van der Waals surface area contributed by atoms with Gasteiger partial charge in [-0.15, -0.1) is 0 Å². The van der Waals surface area contributed by atoms with Crippen LogP contribution in [0.2, 0.25) is 5.02 Å². The van der Waals surface area contributed by atoms with Gasteiger partial charge < -0.3 is 10.2 Å². The molecule has 0 spiro atoms. The van der Waals surface area contributed by atoms with Crippen LogP contribution in [0.4, 0.5) is 4.39 Å². The number of halogens is 2. The first-order chi connectivity index (χ1) is 8.66. The SMILES string of the molecule is CN(Cc1cccc(F)c1Cl)CC1CCNCC1. The molecule has 1 saturated heterocycles. The number of nitrogens with zero attached hydrogens (tertiary/aromatic N) is 1. The number of benzene rings is 1. The molecule has 18 heavy (non-hydrogen) atoms. The summed E-state index contributed by atoms with van der Waals surface area (Å²) in [5.74, 6) is 0.410. The molecule has 0 bridgehead atoms. The highest BCUT2D eigenvalue weighted by molar-refractivity contribution is 6.31. The summed E-state index contributed by atoms with van der Waals surface area (Å²) < 4.78 is 13.3. The number of hydrogen-bond donors (Lipinski definition) is 1. The number of piperidine rings is 1. The molecule has 1 aromatic rings. The quantitative estimate of drug-likeness (QED) is 0.905. The van der Waals surface area contributed by atoms with Gasteiger partial charge in [-0.3, -0.25) is 0 Å². The van der Waals surface area contributed by atoms with Crippen molar-refractivity contribution in [3.05, 3.63) is 34.6 Å². The molecule has 0 unspecified atom stereocenters. The molecule has 0 amide bonds. The lowest BCUT2D eigenvalue weighted by atomic mass is 9.97. The zero-order valence-corrected chi connectivity index (χ0v) is 11.5. The van der Waals surface area contributed by atoms with E-state index in [-0.39, 0.29) is 10.8 Å².